The van der Waals surface area contributed by atoms with E-state index in [9.17, 15) is 4.79 Å². The number of carbonyl (C=O) groups is 1. The molecule has 98 valence electrons. The maximum Gasteiger partial charge on any atom is 0.246 e. The molecule has 1 aliphatic rings. The summed E-state index contributed by atoms with van der Waals surface area (Å²) in [6.07, 6.45) is 3.39. The minimum absolute atomic E-state index is 0.00970. The number of halogens is 1. The van der Waals surface area contributed by atoms with E-state index in [0.29, 0.717) is 23.5 Å². The third-order valence-electron chi connectivity index (χ3n) is 2.72. The van der Waals surface area contributed by atoms with E-state index < -0.39 is 0 Å². The lowest BCUT2D eigenvalue weighted by molar-refractivity contribution is -0.137. The number of rotatable bonds is 2. The molecule has 0 N–H and O–H groups in total. The zero-order valence-electron chi connectivity index (χ0n) is 10.4. The fraction of sp³-hybridized carbons (Fsp3) is 0.462. The molecule has 0 bridgehead atoms. The van der Waals surface area contributed by atoms with Crippen LogP contribution in [-0.4, -0.2) is 36.1 Å². The van der Waals surface area contributed by atoms with Crippen molar-refractivity contribution in [3.8, 4) is 0 Å². The number of amides is 1. The van der Waals surface area contributed by atoms with E-state index in [1.807, 2.05) is 13.8 Å². The van der Waals surface area contributed by atoms with Crippen LogP contribution in [0.3, 0.4) is 0 Å². The van der Waals surface area contributed by atoms with Crippen LogP contribution in [0.15, 0.2) is 27.3 Å². The van der Waals surface area contributed by atoms with Gasteiger partial charge in [0.15, 0.2) is 4.67 Å². The summed E-state index contributed by atoms with van der Waals surface area (Å²) in [5.74, 6) is 0.647. The Morgan fingerprint density at radius 2 is 2.06 bits per heavy atom. The molecule has 0 saturated carbocycles. The Morgan fingerprint density at radius 1 is 1.39 bits per heavy atom. The molecule has 2 atom stereocenters. The van der Waals surface area contributed by atoms with E-state index >= 15 is 0 Å². The second-order valence-electron chi connectivity index (χ2n) is 4.48. The quantitative estimate of drug-likeness (QED) is 0.788. The topological polar surface area (TPSA) is 42.7 Å². The third-order valence-corrected chi connectivity index (χ3v) is 3.14. The van der Waals surface area contributed by atoms with Crippen molar-refractivity contribution in [1.29, 1.82) is 0 Å². The lowest BCUT2D eigenvalue weighted by Gasteiger charge is -2.34. The first-order chi connectivity index (χ1) is 8.54. The van der Waals surface area contributed by atoms with Gasteiger partial charge in [-0.2, -0.15) is 0 Å². The highest BCUT2D eigenvalue weighted by molar-refractivity contribution is 9.10. The Bertz CT molecular complexity index is 445. The van der Waals surface area contributed by atoms with Gasteiger partial charge >= 0.3 is 0 Å². The average molecular weight is 314 g/mol. The lowest BCUT2D eigenvalue weighted by atomic mass is 10.2. The second-order valence-corrected chi connectivity index (χ2v) is 5.26. The number of nitrogens with zero attached hydrogens (tertiary/aromatic N) is 1. The first kappa shape index (κ1) is 13.4. The summed E-state index contributed by atoms with van der Waals surface area (Å²) < 4.78 is 11.5. The van der Waals surface area contributed by atoms with Crippen LogP contribution in [0.5, 0.6) is 0 Å². The van der Waals surface area contributed by atoms with Crippen molar-refractivity contribution in [2.75, 3.05) is 13.1 Å². The van der Waals surface area contributed by atoms with Gasteiger partial charge in [0, 0.05) is 19.2 Å². The van der Waals surface area contributed by atoms with Gasteiger partial charge in [0.05, 0.1) is 12.2 Å². The first-order valence-electron chi connectivity index (χ1n) is 5.92. The van der Waals surface area contributed by atoms with Crippen molar-refractivity contribution < 1.29 is 13.9 Å². The molecule has 1 aromatic heterocycles. The van der Waals surface area contributed by atoms with E-state index in [1.54, 1.807) is 23.1 Å². The first-order valence-corrected chi connectivity index (χ1v) is 6.71. The van der Waals surface area contributed by atoms with E-state index in [0.717, 1.165) is 0 Å². The van der Waals surface area contributed by atoms with Crippen molar-refractivity contribution in [2.24, 2.45) is 0 Å². The average Bonchev–Trinajstić information content (AvgIpc) is 2.70. The standard InChI is InChI=1S/C13H16BrNO3/c1-9-7-15(8-10(2)17-9)13(16)6-4-11-3-5-12(14)18-11/h3-6,9-10H,7-8H2,1-2H3/b6-4+. The maximum atomic E-state index is 12.0. The number of hydrogen-bond donors (Lipinski definition) is 0. The van der Waals surface area contributed by atoms with Crippen molar-refractivity contribution in [2.45, 2.75) is 26.1 Å². The predicted molar refractivity (Wildman–Crippen MR) is 72.0 cm³/mol. The minimum atomic E-state index is -0.00970. The van der Waals surface area contributed by atoms with Crippen LogP contribution in [-0.2, 0) is 9.53 Å². The fourth-order valence-electron chi connectivity index (χ4n) is 2.03. The molecular formula is C13H16BrNO3. The highest BCUT2D eigenvalue weighted by Gasteiger charge is 2.24. The predicted octanol–water partition coefficient (Wildman–Crippen LogP) is 2.69. The fourth-order valence-corrected chi connectivity index (χ4v) is 2.35. The number of carbonyl (C=O) groups excluding carboxylic acids is 1. The van der Waals surface area contributed by atoms with Gasteiger partial charge in [-0.05, 0) is 48.0 Å². The van der Waals surface area contributed by atoms with E-state index in [1.165, 1.54) is 6.08 Å². The molecule has 0 aliphatic carbocycles. The molecule has 1 amide bonds. The van der Waals surface area contributed by atoms with Crippen molar-refractivity contribution in [3.05, 3.63) is 28.6 Å². The SMILES string of the molecule is CC1CN(C(=O)/C=C/c2ccc(Br)o2)CC(C)O1. The molecule has 1 aliphatic heterocycles. The smallest absolute Gasteiger partial charge is 0.246 e. The molecule has 1 aromatic rings. The molecular weight excluding hydrogens is 298 g/mol. The summed E-state index contributed by atoms with van der Waals surface area (Å²) in [5, 5.41) is 0. The van der Waals surface area contributed by atoms with Crippen molar-refractivity contribution >= 4 is 27.9 Å². The number of furan rings is 1. The van der Waals surface area contributed by atoms with Crippen LogP contribution in [0.4, 0.5) is 0 Å². The second kappa shape index (κ2) is 5.71. The van der Waals surface area contributed by atoms with Gasteiger partial charge < -0.3 is 14.1 Å². The Balaban J connectivity index is 1.97. The zero-order chi connectivity index (χ0) is 13.1. The molecule has 0 radical (unpaired) electrons. The van der Waals surface area contributed by atoms with Crippen molar-refractivity contribution in [3.63, 3.8) is 0 Å². The third kappa shape index (κ3) is 3.46. The minimum Gasteiger partial charge on any atom is -0.450 e. The number of ether oxygens (including phenoxy) is 1. The van der Waals surface area contributed by atoms with Crippen LogP contribution >= 0.6 is 15.9 Å². The normalized spacial score (nSPS) is 24.7. The summed E-state index contributed by atoms with van der Waals surface area (Å²) in [5.41, 5.74) is 0. The monoisotopic (exact) mass is 313 g/mol. The molecule has 5 heteroatoms. The van der Waals surface area contributed by atoms with E-state index in [4.69, 9.17) is 9.15 Å². The summed E-state index contributed by atoms with van der Waals surface area (Å²) in [6.45, 7) is 5.22. The van der Waals surface area contributed by atoms with Crippen LogP contribution < -0.4 is 0 Å². The molecule has 1 saturated heterocycles. The van der Waals surface area contributed by atoms with Crippen LogP contribution in [0.2, 0.25) is 0 Å². The van der Waals surface area contributed by atoms with E-state index in [-0.39, 0.29) is 18.1 Å². The number of hydrogen-bond acceptors (Lipinski definition) is 3. The van der Waals surface area contributed by atoms with Crippen molar-refractivity contribution in [1.82, 2.24) is 4.90 Å². The van der Waals surface area contributed by atoms with Crippen LogP contribution in [0, 0.1) is 0 Å². The van der Waals surface area contributed by atoms with Gasteiger partial charge in [-0.15, -0.1) is 0 Å². The largest absolute Gasteiger partial charge is 0.450 e. The summed E-state index contributed by atoms with van der Waals surface area (Å²) in [4.78, 5) is 13.8. The highest BCUT2D eigenvalue weighted by Crippen LogP contribution is 2.16. The molecule has 1 fully saturated rings. The van der Waals surface area contributed by atoms with Gasteiger partial charge in [-0.1, -0.05) is 0 Å². The van der Waals surface area contributed by atoms with Gasteiger partial charge in [0.25, 0.3) is 0 Å². The maximum absolute atomic E-state index is 12.0. The Hall–Kier alpha value is -1.07. The van der Waals surface area contributed by atoms with Crippen LogP contribution in [0.25, 0.3) is 6.08 Å². The molecule has 2 rings (SSSR count). The Labute approximate surface area is 115 Å². The summed E-state index contributed by atoms with van der Waals surface area (Å²) >= 11 is 3.22. The van der Waals surface area contributed by atoms with Gasteiger partial charge in [-0.25, -0.2) is 0 Å². The summed E-state index contributed by atoms with van der Waals surface area (Å²) in [6, 6.07) is 3.60. The van der Waals surface area contributed by atoms with Gasteiger partial charge in [-0.3, -0.25) is 4.79 Å². The Kier molecular flexibility index (Phi) is 4.24. The number of morpholine rings is 1. The van der Waals surface area contributed by atoms with E-state index in [2.05, 4.69) is 15.9 Å². The molecule has 4 nitrogen and oxygen atoms in total. The lowest BCUT2D eigenvalue weighted by Crippen LogP contribution is -2.47. The molecule has 0 aromatic carbocycles. The molecule has 18 heavy (non-hydrogen) atoms. The zero-order valence-corrected chi connectivity index (χ0v) is 12.0. The Morgan fingerprint density at radius 3 is 2.61 bits per heavy atom. The van der Waals surface area contributed by atoms with Crippen LogP contribution in [0.1, 0.15) is 19.6 Å². The molecule has 2 unspecified atom stereocenters. The highest BCUT2D eigenvalue weighted by atomic mass is 79.9. The summed E-state index contributed by atoms with van der Waals surface area (Å²) in [7, 11) is 0. The van der Waals surface area contributed by atoms with Gasteiger partial charge in [0.1, 0.15) is 5.76 Å². The molecule has 0 spiro atoms. The van der Waals surface area contributed by atoms with Gasteiger partial charge in [0.2, 0.25) is 5.91 Å². The molecule has 2 heterocycles.